The van der Waals surface area contributed by atoms with Gasteiger partial charge in [0.25, 0.3) is 0 Å². The van der Waals surface area contributed by atoms with Gasteiger partial charge < -0.3 is 4.74 Å². The van der Waals surface area contributed by atoms with Gasteiger partial charge in [-0.05, 0) is 85.2 Å². The first kappa shape index (κ1) is 22.4. The lowest BCUT2D eigenvalue weighted by molar-refractivity contribution is 0.163. The Morgan fingerprint density at radius 1 is 0.844 bits per heavy atom. The molecule has 0 aromatic heterocycles. The van der Waals surface area contributed by atoms with Crippen LogP contribution in [0.5, 0.6) is 0 Å². The summed E-state index contributed by atoms with van der Waals surface area (Å²) in [6.07, 6.45) is 5.43. The molecule has 0 atom stereocenters. The third-order valence-corrected chi connectivity index (χ3v) is 6.36. The molecule has 32 heavy (non-hydrogen) atoms. The van der Waals surface area contributed by atoms with Crippen LogP contribution < -0.4 is 0 Å². The first-order chi connectivity index (χ1) is 15.5. The summed E-state index contributed by atoms with van der Waals surface area (Å²) in [5, 5.41) is 0.173. The lowest BCUT2D eigenvalue weighted by atomic mass is 9.77. The second-order valence-electron chi connectivity index (χ2n) is 8.41. The maximum absolute atomic E-state index is 14.7. The highest BCUT2D eigenvalue weighted by Crippen LogP contribution is 2.37. The smallest absolute Gasteiger partial charge is 0.195 e. The van der Waals surface area contributed by atoms with E-state index >= 15 is 0 Å². The Hall–Kier alpha value is -2.84. The van der Waals surface area contributed by atoms with E-state index in [0.29, 0.717) is 17.4 Å². The number of hydrogen-bond acceptors (Lipinski definition) is 1. The van der Waals surface area contributed by atoms with Crippen LogP contribution in [-0.4, -0.2) is 13.7 Å². The summed E-state index contributed by atoms with van der Waals surface area (Å²) in [6.45, 7) is 0.787. The van der Waals surface area contributed by atoms with Gasteiger partial charge in [-0.25, -0.2) is 17.6 Å². The van der Waals surface area contributed by atoms with Crippen LogP contribution in [0.1, 0.15) is 54.7 Å². The maximum atomic E-state index is 14.7. The van der Waals surface area contributed by atoms with Gasteiger partial charge in [0.05, 0.1) is 5.56 Å². The molecule has 3 aromatic carbocycles. The van der Waals surface area contributed by atoms with Gasteiger partial charge in [0.1, 0.15) is 5.82 Å². The molecule has 1 aliphatic rings. The van der Waals surface area contributed by atoms with Gasteiger partial charge in [-0.1, -0.05) is 24.0 Å². The van der Waals surface area contributed by atoms with Crippen molar-refractivity contribution < 1.29 is 22.3 Å². The van der Waals surface area contributed by atoms with Gasteiger partial charge in [-0.15, -0.1) is 0 Å². The molecule has 0 amide bonds. The quantitative estimate of drug-likeness (QED) is 0.239. The molecule has 0 heterocycles. The van der Waals surface area contributed by atoms with Crippen molar-refractivity contribution in [3.63, 3.8) is 0 Å². The molecule has 3 aromatic rings. The third-order valence-electron chi connectivity index (χ3n) is 6.36. The van der Waals surface area contributed by atoms with Gasteiger partial charge in [0, 0.05) is 24.7 Å². The van der Waals surface area contributed by atoms with Crippen LogP contribution in [0.2, 0.25) is 0 Å². The van der Waals surface area contributed by atoms with Gasteiger partial charge in [-0.2, -0.15) is 0 Å². The molecule has 1 saturated carbocycles. The first-order valence-corrected chi connectivity index (χ1v) is 10.8. The number of methoxy groups -OCH3 is 1. The van der Waals surface area contributed by atoms with Crippen molar-refractivity contribution in [2.45, 2.75) is 38.0 Å². The monoisotopic (exact) mass is 440 g/mol. The van der Waals surface area contributed by atoms with E-state index in [-0.39, 0.29) is 22.2 Å². The van der Waals surface area contributed by atoms with Gasteiger partial charge in [0.15, 0.2) is 17.5 Å². The van der Waals surface area contributed by atoms with Crippen LogP contribution in [0.4, 0.5) is 17.6 Å². The maximum Gasteiger partial charge on any atom is 0.195 e. The Morgan fingerprint density at radius 2 is 1.62 bits per heavy atom. The zero-order valence-electron chi connectivity index (χ0n) is 17.9. The van der Waals surface area contributed by atoms with E-state index in [1.54, 1.807) is 19.2 Å². The fourth-order valence-electron chi connectivity index (χ4n) is 4.48. The average molecular weight is 440 g/mol. The number of fused-ring (bicyclic) bond motifs is 1. The highest BCUT2D eigenvalue weighted by molar-refractivity contribution is 5.84. The molecule has 5 heteroatoms. The third kappa shape index (κ3) is 4.81. The van der Waals surface area contributed by atoms with Crippen molar-refractivity contribution in [2.24, 2.45) is 5.92 Å². The second-order valence-corrected chi connectivity index (χ2v) is 8.41. The normalized spacial score (nSPS) is 18.4. The van der Waals surface area contributed by atoms with Gasteiger partial charge >= 0.3 is 0 Å². The molecule has 0 aliphatic heterocycles. The molecule has 1 nitrogen and oxygen atoms in total. The topological polar surface area (TPSA) is 9.23 Å². The van der Waals surface area contributed by atoms with Gasteiger partial charge in [0.2, 0.25) is 0 Å². The van der Waals surface area contributed by atoms with Crippen LogP contribution in [0.25, 0.3) is 10.8 Å². The summed E-state index contributed by atoms with van der Waals surface area (Å²) in [5.74, 6) is 2.31. The van der Waals surface area contributed by atoms with Crippen molar-refractivity contribution in [1.82, 2.24) is 0 Å². The number of hydrogen-bond donors (Lipinski definition) is 0. The Labute approximate surface area is 185 Å². The summed E-state index contributed by atoms with van der Waals surface area (Å²) in [5.41, 5.74) is 1.72. The molecular formula is C27H24F4O. The van der Waals surface area contributed by atoms with E-state index in [2.05, 4.69) is 11.8 Å². The summed E-state index contributed by atoms with van der Waals surface area (Å²) in [7, 11) is 1.72. The Balaban J connectivity index is 1.49. The second kappa shape index (κ2) is 9.75. The van der Waals surface area contributed by atoms with Crippen LogP contribution in [0.3, 0.4) is 0 Å². The molecule has 4 rings (SSSR count). The van der Waals surface area contributed by atoms with E-state index in [4.69, 9.17) is 4.74 Å². The lowest BCUT2D eigenvalue weighted by Gasteiger charge is -2.28. The van der Waals surface area contributed by atoms with Crippen molar-refractivity contribution in [2.75, 3.05) is 13.7 Å². The van der Waals surface area contributed by atoms with Gasteiger partial charge in [-0.3, -0.25) is 0 Å². The molecule has 1 aliphatic carbocycles. The molecule has 0 bridgehead atoms. The molecule has 0 spiro atoms. The predicted octanol–water partition coefficient (Wildman–Crippen LogP) is 7.11. The summed E-state index contributed by atoms with van der Waals surface area (Å²) in [4.78, 5) is 0. The fourth-order valence-corrected chi connectivity index (χ4v) is 4.48. The minimum Gasteiger partial charge on any atom is -0.385 e. The van der Waals surface area contributed by atoms with E-state index in [9.17, 15) is 17.6 Å². The molecule has 0 saturated heterocycles. The van der Waals surface area contributed by atoms with Crippen molar-refractivity contribution in [3.05, 3.63) is 82.4 Å². The molecule has 0 unspecified atom stereocenters. The minimum absolute atomic E-state index is 0.0260. The Morgan fingerprint density at radius 3 is 2.34 bits per heavy atom. The summed E-state index contributed by atoms with van der Waals surface area (Å²) in [6, 6.07) is 10.4. The van der Waals surface area contributed by atoms with Crippen LogP contribution in [-0.2, 0) is 4.74 Å². The van der Waals surface area contributed by atoms with Crippen LogP contribution in [0, 0.1) is 41.0 Å². The van der Waals surface area contributed by atoms with Crippen molar-refractivity contribution in [1.29, 1.82) is 0 Å². The predicted molar refractivity (Wildman–Crippen MR) is 117 cm³/mol. The SMILES string of the molecule is COCCC1CCC(c2ccc(C#Cc3ccc4c(F)c(F)c(F)cc4c3)c(F)c2)CC1. The van der Waals surface area contributed by atoms with E-state index in [0.717, 1.165) is 50.3 Å². The summed E-state index contributed by atoms with van der Waals surface area (Å²) < 4.78 is 60.6. The van der Waals surface area contributed by atoms with Crippen LogP contribution in [0.15, 0.2) is 42.5 Å². The highest BCUT2D eigenvalue weighted by Gasteiger charge is 2.22. The number of benzene rings is 3. The summed E-state index contributed by atoms with van der Waals surface area (Å²) >= 11 is 0. The molecule has 166 valence electrons. The molecule has 0 radical (unpaired) electrons. The van der Waals surface area contributed by atoms with E-state index in [1.807, 2.05) is 6.07 Å². The molecule has 1 fully saturated rings. The fraction of sp³-hybridized carbons (Fsp3) is 0.333. The average Bonchev–Trinajstić information content (AvgIpc) is 2.80. The van der Waals surface area contributed by atoms with E-state index in [1.165, 1.54) is 18.2 Å². The van der Waals surface area contributed by atoms with Crippen LogP contribution >= 0.6 is 0 Å². The standard InChI is InChI=1S/C27H24F4O/c1-32-13-12-17-2-6-19(7-3-17)21-10-9-20(24(28)15-21)8-4-18-5-11-23-22(14-18)16-25(29)27(31)26(23)30/h5,9-11,14-17,19H,2-3,6-7,12-13H2,1H3. The first-order valence-electron chi connectivity index (χ1n) is 10.8. The highest BCUT2D eigenvalue weighted by atomic mass is 19.2. The zero-order chi connectivity index (χ0) is 22.7. The Bertz CT molecular complexity index is 1180. The molecule has 0 N–H and O–H groups in total. The molecular weight excluding hydrogens is 416 g/mol. The van der Waals surface area contributed by atoms with Crippen molar-refractivity contribution in [3.8, 4) is 11.8 Å². The number of ether oxygens (including phenoxy) is 1. The number of halogens is 4. The lowest BCUT2D eigenvalue weighted by Crippen LogP contribution is -2.15. The minimum atomic E-state index is -1.50. The largest absolute Gasteiger partial charge is 0.385 e. The van der Waals surface area contributed by atoms with Crippen molar-refractivity contribution >= 4 is 10.8 Å². The number of rotatable bonds is 4. The zero-order valence-corrected chi connectivity index (χ0v) is 17.9. The Kier molecular flexibility index (Phi) is 6.81. The van der Waals surface area contributed by atoms with E-state index < -0.39 is 17.5 Å².